The molecule has 0 heterocycles. The standard InChI is InChI=1S/C20H32O2/c1-2-3-4-5-6-7-8-9-10-11-12-13-14-15-16-17-18-19-20(21)22/h12-19H,2-11H2,1H3,(H,21,22)/b13-12-,15-14-,17-16-,19-18+. The summed E-state index contributed by atoms with van der Waals surface area (Å²) in [7, 11) is 0. The molecule has 0 aliphatic carbocycles. The van der Waals surface area contributed by atoms with Gasteiger partial charge in [0.2, 0.25) is 0 Å². The van der Waals surface area contributed by atoms with E-state index in [1.165, 1.54) is 63.9 Å². The second kappa shape index (κ2) is 17.5. The summed E-state index contributed by atoms with van der Waals surface area (Å²) in [6.07, 6.45) is 27.7. The first-order valence-electron chi connectivity index (χ1n) is 8.67. The molecule has 0 radical (unpaired) electrons. The molecule has 0 unspecified atom stereocenters. The van der Waals surface area contributed by atoms with Crippen molar-refractivity contribution in [3.63, 3.8) is 0 Å². The fourth-order valence-electron chi connectivity index (χ4n) is 2.14. The molecule has 1 N–H and O–H groups in total. The number of carboxylic acid groups (broad SMARTS) is 1. The molecule has 0 aromatic carbocycles. The summed E-state index contributed by atoms with van der Waals surface area (Å²) in [5.41, 5.74) is 0. The van der Waals surface area contributed by atoms with Crippen LogP contribution in [-0.2, 0) is 4.79 Å². The number of rotatable bonds is 14. The van der Waals surface area contributed by atoms with Gasteiger partial charge in [-0.15, -0.1) is 0 Å². The van der Waals surface area contributed by atoms with Crippen LogP contribution in [-0.4, -0.2) is 11.1 Å². The van der Waals surface area contributed by atoms with Crippen molar-refractivity contribution in [2.75, 3.05) is 0 Å². The molecule has 2 heteroatoms. The first-order valence-corrected chi connectivity index (χ1v) is 8.67. The second-order valence-electron chi connectivity index (χ2n) is 5.51. The highest BCUT2D eigenvalue weighted by Crippen LogP contribution is 2.10. The normalized spacial score (nSPS) is 12.4. The highest BCUT2D eigenvalue weighted by atomic mass is 16.4. The van der Waals surface area contributed by atoms with Gasteiger partial charge in [0.05, 0.1) is 0 Å². The summed E-state index contributed by atoms with van der Waals surface area (Å²) in [6, 6.07) is 0. The molecule has 0 saturated carbocycles. The minimum absolute atomic E-state index is 0.922. The van der Waals surface area contributed by atoms with E-state index >= 15 is 0 Å². The Kier molecular flexibility index (Phi) is 16.2. The zero-order valence-corrected chi connectivity index (χ0v) is 14.0. The Morgan fingerprint density at radius 3 is 1.82 bits per heavy atom. The van der Waals surface area contributed by atoms with Crippen molar-refractivity contribution < 1.29 is 9.90 Å². The van der Waals surface area contributed by atoms with Crippen molar-refractivity contribution in [1.29, 1.82) is 0 Å². The van der Waals surface area contributed by atoms with Crippen LogP contribution in [0.4, 0.5) is 0 Å². The lowest BCUT2D eigenvalue weighted by molar-refractivity contribution is -0.131. The Morgan fingerprint density at radius 2 is 1.23 bits per heavy atom. The number of allylic oxidation sites excluding steroid dienone is 7. The number of aliphatic carboxylic acids is 1. The van der Waals surface area contributed by atoms with Crippen LogP contribution in [0, 0.1) is 0 Å². The van der Waals surface area contributed by atoms with E-state index in [-0.39, 0.29) is 0 Å². The van der Waals surface area contributed by atoms with E-state index in [0.717, 1.165) is 12.5 Å². The van der Waals surface area contributed by atoms with Gasteiger partial charge in [-0.2, -0.15) is 0 Å². The Labute approximate surface area is 136 Å². The molecule has 0 aromatic rings. The van der Waals surface area contributed by atoms with E-state index in [9.17, 15) is 4.79 Å². The molecule has 0 fully saturated rings. The van der Waals surface area contributed by atoms with E-state index in [1.807, 2.05) is 18.2 Å². The molecule has 0 amide bonds. The Balaban J connectivity index is 3.35. The van der Waals surface area contributed by atoms with Gasteiger partial charge in [0.15, 0.2) is 0 Å². The first-order chi connectivity index (χ1) is 10.8. The molecular weight excluding hydrogens is 272 g/mol. The molecule has 2 nitrogen and oxygen atoms in total. The van der Waals surface area contributed by atoms with Gasteiger partial charge >= 0.3 is 5.97 Å². The summed E-state index contributed by atoms with van der Waals surface area (Å²) < 4.78 is 0. The van der Waals surface area contributed by atoms with Crippen LogP contribution in [0.1, 0.15) is 71.1 Å². The molecule has 0 saturated heterocycles. The van der Waals surface area contributed by atoms with Gasteiger partial charge in [-0.3, -0.25) is 0 Å². The third kappa shape index (κ3) is 18.4. The highest BCUT2D eigenvalue weighted by Gasteiger charge is 1.90. The van der Waals surface area contributed by atoms with Gasteiger partial charge in [0.1, 0.15) is 0 Å². The second-order valence-corrected chi connectivity index (χ2v) is 5.51. The van der Waals surface area contributed by atoms with E-state index in [0.29, 0.717) is 0 Å². The zero-order valence-electron chi connectivity index (χ0n) is 14.0. The van der Waals surface area contributed by atoms with Crippen molar-refractivity contribution in [2.24, 2.45) is 0 Å². The highest BCUT2D eigenvalue weighted by molar-refractivity contribution is 5.80. The molecule has 0 atom stereocenters. The Morgan fingerprint density at radius 1 is 0.727 bits per heavy atom. The molecule has 124 valence electrons. The summed E-state index contributed by atoms with van der Waals surface area (Å²) >= 11 is 0. The Hall–Kier alpha value is -1.57. The monoisotopic (exact) mass is 304 g/mol. The molecule has 22 heavy (non-hydrogen) atoms. The lowest BCUT2D eigenvalue weighted by Gasteiger charge is -2.00. The number of unbranched alkanes of at least 4 members (excludes halogenated alkanes) is 9. The zero-order chi connectivity index (χ0) is 16.3. The SMILES string of the molecule is CCCCCCCCCCC\C=C/C=C\C=C/C=C/C(=O)O. The minimum atomic E-state index is -0.922. The van der Waals surface area contributed by atoms with Crippen LogP contribution in [0.5, 0.6) is 0 Å². The maximum absolute atomic E-state index is 10.2. The molecule has 0 aromatic heterocycles. The van der Waals surface area contributed by atoms with Crippen molar-refractivity contribution in [3.8, 4) is 0 Å². The molecule has 0 aliphatic heterocycles. The molecular formula is C20H32O2. The van der Waals surface area contributed by atoms with Crippen molar-refractivity contribution in [3.05, 3.63) is 48.6 Å². The smallest absolute Gasteiger partial charge is 0.328 e. The third-order valence-corrected chi connectivity index (χ3v) is 3.40. The van der Waals surface area contributed by atoms with E-state index in [4.69, 9.17) is 5.11 Å². The number of hydrogen-bond acceptors (Lipinski definition) is 1. The molecule has 0 bridgehead atoms. The van der Waals surface area contributed by atoms with Gasteiger partial charge in [0.25, 0.3) is 0 Å². The third-order valence-electron chi connectivity index (χ3n) is 3.40. The minimum Gasteiger partial charge on any atom is -0.478 e. The van der Waals surface area contributed by atoms with Gasteiger partial charge in [0, 0.05) is 6.08 Å². The van der Waals surface area contributed by atoms with E-state index in [2.05, 4.69) is 19.1 Å². The maximum atomic E-state index is 10.2. The maximum Gasteiger partial charge on any atom is 0.328 e. The van der Waals surface area contributed by atoms with Gasteiger partial charge in [-0.25, -0.2) is 4.79 Å². The number of carboxylic acids is 1. The quantitative estimate of drug-likeness (QED) is 0.235. The molecule has 0 spiro atoms. The lowest BCUT2D eigenvalue weighted by atomic mass is 10.1. The number of hydrogen-bond donors (Lipinski definition) is 1. The van der Waals surface area contributed by atoms with Crippen LogP contribution < -0.4 is 0 Å². The number of carbonyl (C=O) groups is 1. The molecule has 0 aliphatic rings. The van der Waals surface area contributed by atoms with Gasteiger partial charge < -0.3 is 5.11 Å². The van der Waals surface area contributed by atoms with Crippen molar-refractivity contribution >= 4 is 5.97 Å². The summed E-state index contributed by atoms with van der Waals surface area (Å²) in [5, 5.41) is 8.39. The predicted octanol–water partition coefficient (Wildman–Crippen LogP) is 6.22. The van der Waals surface area contributed by atoms with Crippen LogP contribution in [0.3, 0.4) is 0 Å². The fraction of sp³-hybridized carbons (Fsp3) is 0.550. The average molecular weight is 304 g/mol. The van der Waals surface area contributed by atoms with Gasteiger partial charge in [-0.05, 0) is 12.8 Å². The first kappa shape index (κ1) is 20.4. The van der Waals surface area contributed by atoms with Gasteiger partial charge in [-0.1, -0.05) is 101 Å². The van der Waals surface area contributed by atoms with Crippen LogP contribution in [0.2, 0.25) is 0 Å². The molecule has 0 rings (SSSR count). The van der Waals surface area contributed by atoms with Crippen molar-refractivity contribution in [2.45, 2.75) is 71.1 Å². The largest absolute Gasteiger partial charge is 0.478 e. The summed E-state index contributed by atoms with van der Waals surface area (Å²) in [6.45, 7) is 2.26. The van der Waals surface area contributed by atoms with Crippen LogP contribution >= 0.6 is 0 Å². The average Bonchev–Trinajstić information content (AvgIpc) is 2.50. The van der Waals surface area contributed by atoms with E-state index < -0.39 is 5.97 Å². The summed E-state index contributed by atoms with van der Waals surface area (Å²) in [4.78, 5) is 10.2. The van der Waals surface area contributed by atoms with E-state index in [1.54, 1.807) is 6.08 Å². The topological polar surface area (TPSA) is 37.3 Å². The lowest BCUT2D eigenvalue weighted by Crippen LogP contribution is -1.84. The summed E-state index contributed by atoms with van der Waals surface area (Å²) in [5.74, 6) is -0.922. The predicted molar refractivity (Wildman–Crippen MR) is 96.0 cm³/mol. The van der Waals surface area contributed by atoms with Crippen LogP contribution in [0.15, 0.2) is 48.6 Å². The van der Waals surface area contributed by atoms with Crippen molar-refractivity contribution in [1.82, 2.24) is 0 Å². The fourth-order valence-corrected chi connectivity index (χ4v) is 2.14. The Bertz CT molecular complexity index is 362. The van der Waals surface area contributed by atoms with Crippen LogP contribution in [0.25, 0.3) is 0 Å².